The van der Waals surface area contributed by atoms with Crippen molar-refractivity contribution in [3.05, 3.63) is 66.0 Å². The number of amides is 1. The summed E-state index contributed by atoms with van der Waals surface area (Å²) in [4.78, 5) is 22.8. The first-order chi connectivity index (χ1) is 17.1. The third kappa shape index (κ3) is 5.07. The van der Waals surface area contributed by atoms with Crippen molar-refractivity contribution in [3.63, 3.8) is 0 Å². The van der Waals surface area contributed by atoms with Gasteiger partial charge in [-0.25, -0.2) is 9.67 Å². The highest BCUT2D eigenvalue weighted by Crippen LogP contribution is 2.32. The molecule has 1 saturated heterocycles. The van der Waals surface area contributed by atoms with Crippen LogP contribution in [0.5, 0.6) is 5.75 Å². The average molecular weight is 492 g/mol. The summed E-state index contributed by atoms with van der Waals surface area (Å²) in [6.07, 6.45) is 1.66. The SMILES string of the molecule is CCOc1ccc2nc(N(CCN3CCOCC3)C(=O)c3cnn(-c4ccccc4)c3C)sc2c1. The van der Waals surface area contributed by atoms with Crippen molar-refractivity contribution in [2.45, 2.75) is 13.8 Å². The summed E-state index contributed by atoms with van der Waals surface area (Å²) >= 11 is 1.51. The van der Waals surface area contributed by atoms with Crippen LogP contribution in [0.25, 0.3) is 15.9 Å². The van der Waals surface area contributed by atoms with E-state index in [0.717, 1.165) is 60.2 Å². The Morgan fingerprint density at radius 1 is 1.17 bits per heavy atom. The molecule has 1 aliphatic rings. The number of benzene rings is 2. The molecule has 0 bridgehead atoms. The molecule has 2 aromatic heterocycles. The Morgan fingerprint density at radius 2 is 1.97 bits per heavy atom. The highest BCUT2D eigenvalue weighted by atomic mass is 32.1. The highest BCUT2D eigenvalue weighted by Gasteiger charge is 2.26. The molecule has 1 fully saturated rings. The lowest BCUT2D eigenvalue weighted by molar-refractivity contribution is 0.0391. The number of nitrogens with zero attached hydrogens (tertiary/aromatic N) is 5. The minimum absolute atomic E-state index is 0.0953. The zero-order valence-corrected chi connectivity index (χ0v) is 20.8. The maximum Gasteiger partial charge on any atom is 0.263 e. The number of para-hydroxylation sites is 1. The Kier molecular flexibility index (Phi) is 7.08. The van der Waals surface area contributed by atoms with Crippen LogP contribution in [0.4, 0.5) is 5.13 Å². The summed E-state index contributed by atoms with van der Waals surface area (Å²) < 4.78 is 13.9. The molecular formula is C26H29N5O3S. The van der Waals surface area contributed by atoms with Crippen molar-refractivity contribution >= 4 is 32.6 Å². The van der Waals surface area contributed by atoms with Gasteiger partial charge in [0, 0.05) is 26.2 Å². The van der Waals surface area contributed by atoms with Crippen molar-refractivity contribution in [1.29, 1.82) is 0 Å². The van der Waals surface area contributed by atoms with E-state index >= 15 is 0 Å². The first-order valence-electron chi connectivity index (χ1n) is 11.9. The molecule has 182 valence electrons. The lowest BCUT2D eigenvalue weighted by Crippen LogP contribution is -2.43. The zero-order valence-electron chi connectivity index (χ0n) is 20.0. The molecule has 0 spiro atoms. The average Bonchev–Trinajstić information content (AvgIpc) is 3.48. The third-order valence-corrected chi connectivity index (χ3v) is 7.16. The maximum absolute atomic E-state index is 13.9. The van der Waals surface area contributed by atoms with E-state index in [0.29, 0.717) is 23.8 Å². The van der Waals surface area contributed by atoms with Crippen LogP contribution in [-0.4, -0.2) is 71.6 Å². The molecule has 0 saturated carbocycles. The number of fused-ring (bicyclic) bond motifs is 1. The molecule has 2 aromatic carbocycles. The summed E-state index contributed by atoms with van der Waals surface area (Å²) in [5.74, 6) is 0.711. The Balaban J connectivity index is 1.47. The van der Waals surface area contributed by atoms with E-state index in [2.05, 4.69) is 10.00 Å². The molecule has 3 heterocycles. The van der Waals surface area contributed by atoms with Gasteiger partial charge < -0.3 is 9.47 Å². The second-order valence-electron chi connectivity index (χ2n) is 8.36. The maximum atomic E-state index is 13.9. The minimum atomic E-state index is -0.0953. The summed E-state index contributed by atoms with van der Waals surface area (Å²) in [6, 6.07) is 15.7. The van der Waals surface area contributed by atoms with E-state index in [1.807, 2.05) is 62.4 Å². The number of anilines is 1. The van der Waals surface area contributed by atoms with Crippen molar-refractivity contribution in [2.75, 3.05) is 50.9 Å². The van der Waals surface area contributed by atoms with Gasteiger partial charge in [0.25, 0.3) is 5.91 Å². The lowest BCUT2D eigenvalue weighted by Gasteiger charge is -2.29. The van der Waals surface area contributed by atoms with Crippen LogP contribution in [0.1, 0.15) is 23.0 Å². The second kappa shape index (κ2) is 10.6. The molecule has 35 heavy (non-hydrogen) atoms. The van der Waals surface area contributed by atoms with Crippen LogP contribution in [-0.2, 0) is 4.74 Å². The number of rotatable bonds is 8. The number of thiazole rings is 1. The molecular weight excluding hydrogens is 462 g/mol. The molecule has 0 radical (unpaired) electrons. The molecule has 9 heteroatoms. The third-order valence-electron chi connectivity index (χ3n) is 6.12. The fraction of sp³-hybridized carbons (Fsp3) is 0.346. The van der Waals surface area contributed by atoms with E-state index in [1.54, 1.807) is 15.8 Å². The normalized spacial score (nSPS) is 14.3. The van der Waals surface area contributed by atoms with Crippen LogP contribution in [0.3, 0.4) is 0 Å². The zero-order chi connectivity index (χ0) is 24.2. The molecule has 1 amide bonds. The number of carbonyl (C=O) groups excluding carboxylic acids is 1. The Bertz CT molecular complexity index is 1300. The standard InChI is InChI=1S/C26H29N5O3S/c1-3-34-21-9-10-23-24(17-21)35-26(28-23)30(12-11-29-13-15-33-16-14-29)25(32)22-18-27-31(19(22)2)20-7-5-4-6-8-20/h4-10,17-18H,3,11-16H2,1-2H3. The Hall–Kier alpha value is -3.27. The Labute approximate surface area is 208 Å². The number of ether oxygens (including phenoxy) is 2. The number of carbonyl (C=O) groups is 1. The summed E-state index contributed by atoms with van der Waals surface area (Å²) in [6.45, 7) is 8.96. The van der Waals surface area contributed by atoms with Gasteiger partial charge in [-0.15, -0.1) is 0 Å². The van der Waals surface area contributed by atoms with Gasteiger partial charge in [-0.2, -0.15) is 5.10 Å². The minimum Gasteiger partial charge on any atom is -0.494 e. The molecule has 0 N–H and O–H groups in total. The predicted molar refractivity (Wildman–Crippen MR) is 138 cm³/mol. The van der Waals surface area contributed by atoms with E-state index in [-0.39, 0.29) is 5.91 Å². The summed E-state index contributed by atoms with van der Waals surface area (Å²) in [5.41, 5.74) is 3.16. The van der Waals surface area contributed by atoms with Gasteiger partial charge in [-0.1, -0.05) is 29.5 Å². The van der Waals surface area contributed by atoms with Gasteiger partial charge in [0.15, 0.2) is 5.13 Å². The van der Waals surface area contributed by atoms with Gasteiger partial charge in [0.2, 0.25) is 0 Å². The lowest BCUT2D eigenvalue weighted by atomic mass is 10.2. The van der Waals surface area contributed by atoms with Gasteiger partial charge in [-0.3, -0.25) is 14.6 Å². The molecule has 5 rings (SSSR count). The van der Waals surface area contributed by atoms with Crippen LogP contribution in [0.15, 0.2) is 54.7 Å². The predicted octanol–water partition coefficient (Wildman–Crippen LogP) is 4.17. The topological polar surface area (TPSA) is 72.7 Å². The quantitative estimate of drug-likeness (QED) is 0.368. The van der Waals surface area contributed by atoms with Crippen molar-refractivity contribution in [1.82, 2.24) is 19.7 Å². The first kappa shape index (κ1) is 23.5. The van der Waals surface area contributed by atoms with Crippen LogP contribution < -0.4 is 9.64 Å². The van der Waals surface area contributed by atoms with Crippen LogP contribution >= 0.6 is 11.3 Å². The largest absolute Gasteiger partial charge is 0.494 e. The van der Waals surface area contributed by atoms with Crippen molar-refractivity contribution in [3.8, 4) is 11.4 Å². The van der Waals surface area contributed by atoms with Gasteiger partial charge >= 0.3 is 0 Å². The number of hydrogen-bond donors (Lipinski definition) is 0. The van der Waals surface area contributed by atoms with Crippen LogP contribution in [0.2, 0.25) is 0 Å². The molecule has 1 aliphatic heterocycles. The fourth-order valence-electron chi connectivity index (χ4n) is 4.21. The highest BCUT2D eigenvalue weighted by molar-refractivity contribution is 7.22. The number of morpholine rings is 1. The number of hydrogen-bond acceptors (Lipinski definition) is 7. The van der Waals surface area contributed by atoms with E-state index in [4.69, 9.17) is 14.5 Å². The van der Waals surface area contributed by atoms with Gasteiger partial charge in [0.1, 0.15) is 5.75 Å². The molecule has 0 atom stereocenters. The fourth-order valence-corrected chi connectivity index (χ4v) is 5.23. The van der Waals surface area contributed by atoms with Gasteiger partial charge in [0.05, 0.1) is 53.2 Å². The van der Waals surface area contributed by atoms with E-state index in [9.17, 15) is 4.79 Å². The molecule has 0 unspecified atom stereocenters. The van der Waals surface area contributed by atoms with Crippen molar-refractivity contribution in [2.24, 2.45) is 0 Å². The summed E-state index contributed by atoms with van der Waals surface area (Å²) in [5, 5.41) is 5.20. The van der Waals surface area contributed by atoms with Crippen LogP contribution in [0, 0.1) is 6.92 Å². The smallest absolute Gasteiger partial charge is 0.263 e. The molecule has 0 aliphatic carbocycles. The summed E-state index contributed by atoms with van der Waals surface area (Å²) in [7, 11) is 0. The van der Waals surface area contributed by atoms with E-state index < -0.39 is 0 Å². The monoisotopic (exact) mass is 491 g/mol. The Morgan fingerprint density at radius 3 is 2.74 bits per heavy atom. The first-order valence-corrected chi connectivity index (χ1v) is 12.7. The molecule has 8 nitrogen and oxygen atoms in total. The van der Waals surface area contributed by atoms with Gasteiger partial charge in [-0.05, 0) is 44.2 Å². The van der Waals surface area contributed by atoms with Crippen molar-refractivity contribution < 1.29 is 14.3 Å². The second-order valence-corrected chi connectivity index (χ2v) is 9.37. The number of aromatic nitrogens is 3. The van der Waals surface area contributed by atoms with E-state index in [1.165, 1.54) is 11.3 Å². The molecule has 4 aromatic rings.